The number of aromatic nitrogens is 3. The number of H-pyrrole nitrogens is 2. The molecule has 2 N–H and O–H groups in total. The van der Waals surface area contributed by atoms with Gasteiger partial charge in [-0.3, -0.25) is 9.89 Å². The van der Waals surface area contributed by atoms with Crippen LogP contribution < -0.4 is 5.56 Å². The van der Waals surface area contributed by atoms with E-state index in [1.54, 1.807) is 0 Å². The van der Waals surface area contributed by atoms with Crippen LogP contribution in [0.1, 0.15) is 0 Å². The summed E-state index contributed by atoms with van der Waals surface area (Å²) in [6.45, 7) is 0. The smallest absolute Gasteiger partial charge is 0.257 e. The summed E-state index contributed by atoms with van der Waals surface area (Å²) in [6.07, 6.45) is 0. The Kier molecular flexibility index (Phi) is 2.86. The molecule has 4 nitrogen and oxygen atoms in total. The molecule has 4 aromatic rings. The summed E-state index contributed by atoms with van der Waals surface area (Å²) in [6, 6.07) is 21.4. The fraction of sp³-hybridized carbons (Fsp3) is 0. The number of hydrogen-bond donors (Lipinski definition) is 2. The third-order valence-electron chi connectivity index (χ3n) is 3.69. The highest BCUT2D eigenvalue weighted by Crippen LogP contribution is 2.23. The Bertz CT molecular complexity index is 999. The van der Waals surface area contributed by atoms with Crippen LogP contribution in [0.25, 0.3) is 33.4 Å². The average Bonchev–Trinajstić information content (AvgIpc) is 3.05. The molecule has 2 aromatic carbocycles. The van der Waals surface area contributed by atoms with Crippen molar-refractivity contribution in [1.29, 1.82) is 0 Å². The molecule has 4 heteroatoms. The Balaban J connectivity index is 1.84. The molecule has 0 saturated carbocycles. The van der Waals surface area contributed by atoms with Crippen molar-refractivity contribution in [2.45, 2.75) is 0 Å². The minimum Gasteiger partial charge on any atom is -0.321 e. The first-order valence-corrected chi connectivity index (χ1v) is 7.04. The van der Waals surface area contributed by atoms with E-state index in [0.29, 0.717) is 11.3 Å². The molecule has 0 aliphatic heterocycles. The molecule has 22 heavy (non-hydrogen) atoms. The number of aromatic amines is 2. The molecular weight excluding hydrogens is 274 g/mol. The van der Waals surface area contributed by atoms with E-state index < -0.39 is 0 Å². The van der Waals surface area contributed by atoms with Gasteiger partial charge in [-0.25, -0.2) is 0 Å². The van der Waals surface area contributed by atoms with Gasteiger partial charge in [0.15, 0.2) is 0 Å². The first kappa shape index (κ1) is 12.6. The Morgan fingerprint density at radius 3 is 2.50 bits per heavy atom. The molecule has 0 spiro atoms. The topological polar surface area (TPSA) is 61.5 Å². The molecule has 0 radical (unpaired) electrons. The van der Waals surface area contributed by atoms with Crippen molar-refractivity contribution in [3.63, 3.8) is 0 Å². The Labute approximate surface area is 126 Å². The van der Waals surface area contributed by atoms with Crippen LogP contribution in [-0.2, 0) is 0 Å². The van der Waals surface area contributed by atoms with E-state index in [-0.39, 0.29) is 5.56 Å². The fourth-order valence-corrected chi connectivity index (χ4v) is 2.56. The van der Waals surface area contributed by atoms with Gasteiger partial charge in [-0.05, 0) is 23.6 Å². The zero-order valence-corrected chi connectivity index (χ0v) is 11.7. The zero-order chi connectivity index (χ0) is 14.9. The van der Waals surface area contributed by atoms with E-state index in [1.807, 2.05) is 66.7 Å². The number of para-hydroxylation sites is 1. The Morgan fingerprint density at radius 2 is 1.64 bits per heavy atom. The number of fused-ring (bicyclic) bond motifs is 1. The summed E-state index contributed by atoms with van der Waals surface area (Å²) in [4.78, 5) is 15.2. The van der Waals surface area contributed by atoms with Crippen LogP contribution in [0.5, 0.6) is 0 Å². The lowest BCUT2D eigenvalue weighted by atomic mass is 10.1. The van der Waals surface area contributed by atoms with Crippen molar-refractivity contribution in [2.75, 3.05) is 0 Å². The van der Waals surface area contributed by atoms with E-state index in [2.05, 4.69) is 15.2 Å². The van der Waals surface area contributed by atoms with Crippen molar-refractivity contribution < 1.29 is 0 Å². The van der Waals surface area contributed by atoms with Crippen molar-refractivity contribution >= 4 is 10.9 Å². The maximum absolute atomic E-state index is 12.3. The van der Waals surface area contributed by atoms with Gasteiger partial charge in [0, 0.05) is 11.1 Å². The van der Waals surface area contributed by atoms with Crippen molar-refractivity contribution in [3.8, 4) is 22.5 Å². The van der Waals surface area contributed by atoms with E-state index in [1.165, 1.54) is 0 Å². The van der Waals surface area contributed by atoms with Gasteiger partial charge in [-0.2, -0.15) is 5.10 Å². The molecule has 0 unspecified atom stereocenters. The minimum absolute atomic E-state index is 0.123. The minimum atomic E-state index is -0.123. The van der Waals surface area contributed by atoms with Crippen LogP contribution in [0.4, 0.5) is 0 Å². The van der Waals surface area contributed by atoms with Crippen molar-refractivity contribution in [1.82, 2.24) is 15.2 Å². The van der Waals surface area contributed by atoms with Gasteiger partial charge in [-0.15, -0.1) is 0 Å². The molecule has 0 fully saturated rings. The first-order chi connectivity index (χ1) is 10.8. The van der Waals surface area contributed by atoms with E-state index in [0.717, 1.165) is 22.2 Å². The molecular formula is C18H13N3O. The molecule has 0 aliphatic rings. The SMILES string of the molecule is O=c1[nH]c2ccccc2cc1-c1cc(-c2ccccc2)n[nH]1. The maximum atomic E-state index is 12.3. The predicted molar refractivity (Wildman–Crippen MR) is 87.6 cm³/mol. The van der Waals surface area contributed by atoms with E-state index >= 15 is 0 Å². The van der Waals surface area contributed by atoms with Crippen LogP contribution in [0.15, 0.2) is 71.5 Å². The number of benzene rings is 2. The molecule has 2 aromatic heterocycles. The third-order valence-corrected chi connectivity index (χ3v) is 3.69. The van der Waals surface area contributed by atoms with Crippen LogP contribution in [0.2, 0.25) is 0 Å². The van der Waals surface area contributed by atoms with Gasteiger partial charge in [0.05, 0.1) is 17.0 Å². The highest BCUT2D eigenvalue weighted by Gasteiger charge is 2.10. The molecule has 0 amide bonds. The second kappa shape index (κ2) is 5.00. The standard InChI is InChI=1S/C18H13N3O/c22-18-14(10-13-8-4-5-9-15(13)19-18)17-11-16(20-21-17)12-6-2-1-3-7-12/h1-11H,(H,19,22)(H,20,21). The normalized spacial score (nSPS) is 10.9. The summed E-state index contributed by atoms with van der Waals surface area (Å²) in [7, 11) is 0. The van der Waals surface area contributed by atoms with Gasteiger partial charge < -0.3 is 4.98 Å². The van der Waals surface area contributed by atoms with Crippen LogP contribution in [-0.4, -0.2) is 15.2 Å². The number of hydrogen-bond acceptors (Lipinski definition) is 2. The van der Waals surface area contributed by atoms with Crippen molar-refractivity contribution in [2.24, 2.45) is 0 Å². The zero-order valence-electron chi connectivity index (χ0n) is 11.7. The second-order valence-electron chi connectivity index (χ2n) is 5.13. The lowest BCUT2D eigenvalue weighted by Crippen LogP contribution is -2.08. The quantitative estimate of drug-likeness (QED) is 0.592. The number of nitrogens with zero attached hydrogens (tertiary/aromatic N) is 1. The summed E-state index contributed by atoms with van der Waals surface area (Å²) in [5.74, 6) is 0. The van der Waals surface area contributed by atoms with E-state index in [9.17, 15) is 4.79 Å². The second-order valence-corrected chi connectivity index (χ2v) is 5.13. The number of pyridine rings is 1. The summed E-state index contributed by atoms with van der Waals surface area (Å²) in [5.41, 5.74) is 3.85. The van der Waals surface area contributed by atoms with Crippen LogP contribution in [0, 0.1) is 0 Å². The fourth-order valence-electron chi connectivity index (χ4n) is 2.56. The predicted octanol–water partition coefficient (Wildman–Crippen LogP) is 3.59. The highest BCUT2D eigenvalue weighted by atomic mass is 16.1. The maximum Gasteiger partial charge on any atom is 0.257 e. The first-order valence-electron chi connectivity index (χ1n) is 7.04. The van der Waals surface area contributed by atoms with E-state index in [4.69, 9.17) is 0 Å². The van der Waals surface area contributed by atoms with Crippen LogP contribution in [0.3, 0.4) is 0 Å². The summed E-state index contributed by atoms with van der Waals surface area (Å²) >= 11 is 0. The lowest BCUT2D eigenvalue weighted by molar-refractivity contribution is 1.09. The Hall–Kier alpha value is -3.14. The van der Waals surface area contributed by atoms with Gasteiger partial charge in [-0.1, -0.05) is 48.5 Å². The van der Waals surface area contributed by atoms with Crippen LogP contribution >= 0.6 is 0 Å². The van der Waals surface area contributed by atoms with Gasteiger partial charge in [0.2, 0.25) is 0 Å². The summed E-state index contributed by atoms with van der Waals surface area (Å²) in [5, 5.41) is 8.26. The third kappa shape index (κ3) is 2.11. The molecule has 0 atom stereocenters. The average molecular weight is 287 g/mol. The summed E-state index contributed by atoms with van der Waals surface area (Å²) < 4.78 is 0. The molecule has 4 rings (SSSR count). The molecule has 0 saturated heterocycles. The monoisotopic (exact) mass is 287 g/mol. The highest BCUT2D eigenvalue weighted by molar-refractivity contribution is 5.83. The van der Waals surface area contributed by atoms with Gasteiger partial charge >= 0.3 is 0 Å². The van der Waals surface area contributed by atoms with Gasteiger partial charge in [0.1, 0.15) is 0 Å². The van der Waals surface area contributed by atoms with Gasteiger partial charge in [0.25, 0.3) is 5.56 Å². The molecule has 106 valence electrons. The largest absolute Gasteiger partial charge is 0.321 e. The molecule has 0 bridgehead atoms. The number of nitrogens with one attached hydrogen (secondary N) is 2. The lowest BCUT2D eigenvalue weighted by Gasteiger charge is -2.00. The number of rotatable bonds is 2. The molecule has 0 aliphatic carbocycles. The Morgan fingerprint density at radius 1 is 0.864 bits per heavy atom. The molecule has 2 heterocycles. The van der Waals surface area contributed by atoms with Crippen molar-refractivity contribution in [3.05, 3.63) is 77.1 Å².